The third-order valence-electron chi connectivity index (χ3n) is 2.46. The number of nitrogens with zero attached hydrogens (tertiary/aromatic N) is 3. The molecule has 0 spiro atoms. The van der Waals surface area contributed by atoms with Gasteiger partial charge < -0.3 is 5.32 Å². The van der Waals surface area contributed by atoms with Gasteiger partial charge in [0.05, 0.1) is 17.2 Å². The fourth-order valence-electron chi connectivity index (χ4n) is 1.56. The molecule has 0 fully saturated rings. The van der Waals surface area contributed by atoms with Crippen LogP contribution in [0.15, 0.2) is 30.5 Å². The number of nitriles is 1. The summed E-state index contributed by atoms with van der Waals surface area (Å²) in [5, 5.41) is 11.3. The molecular weight excluding hydrogens is 285 g/mol. The molecule has 106 valence electrons. The van der Waals surface area contributed by atoms with E-state index in [4.69, 9.17) is 5.26 Å². The number of carbonyl (C=O) groups is 1. The second-order valence-corrected chi connectivity index (χ2v) is 3.93. The van der Waals surface area contributed by atoms with Crippen molar-refractivity contribution in [2.24, 2.45) is 0 Å². The lowest BCUT2D eigenvalue weighted by molar-refractivity contribution is -0.141. The van der Waals surface area contributed by atoms with Gasteiger partial charge in [0.25, 0.3) is 0 Å². The normalized spacial score (nSPS) is 10.8. The second-order valence-electron chi connectivity index (χ2n) is 3.93. The molecule has 0 amide bonds. The first-order chi connectivity index (χ1) is 9.94. The van der Waals surface area contributed by atoms with Gasteiger partial charge in [-0.25, -0.2) is 9.97 Å². The first kappa shape index (κ1) is 14.5. The minimum absolute atomic E-state index is 0.0445. The van der Waals surface area contributed by atoms with E-state index in [0.29, 0.717) is 11.3 Å². The number of rotatable bonds is 3. The summed E-state index contributed by atoms with van der Waals surface area (Å²) in [5.74, 6) is -0.317. The lowest BCUT2D eigenvalue weighted by atomic mass is 10.2. The van der Waals surface area contributed by atoms with Crippen LogP contribution in [-0.2, 0) is 6.18 Å². The first-order valence-electron chi connectivity index (χ1n) is 5.60. The SMILES string of the molecule is N#Cc1cccc(Nc2ncc(C=O)c(C(F)(F)F)n2)c1. The van der Waals surface area contributed by atoms with Gasteiger partial charge in [0.15, 0.2) is 12.0 Å². The Hall–Kier alpha value is -2.95. The van der Waals surface area contributed by atoms with Crippen molar-refractivity contribution in [2.45, 2.75) is 6.18 Å². The standard InChI is InChI=1S/C13H7F3N4O/c14-13(15,16)11-9(7-21)6-18-12(20-11)19-10-3-1-2-8(4-10)5-17/h1-4,6-7H,(H,18,19,20). The van der Waals surface area contributed by atoms with Crippen molar-refractivity contribution < 1.29 is 18.0 Å². The predicted octanol–water partition coefficient (Wildman–Crippen LogP) is 2.92. The molecular formula is C13H7F3N4O. The Kier molecular flexibility index (Phi) is 3.84. The van der Waals surface area contributed by atoms with Gasteiger partial charge in [-0.15, -0.1) is 0 Å². The molecule has 0 aliphatic heterocycles. The summed E-state index contributed by atoms with van der Waals surface area (Å²) in [7, 11) is 0. The number of hydrogen-bond donors (Lipinski definition) is 1. The Morgan fingerprint density at radius 3 is 2.71 bits per heavy atom. The van der Waals surface area contributed by atoms with Crippen molar-refractivity contribution in [3.05, 3.63) is 47.3 Å². The average molecular weight is 292 g/mol. The quantitative estimate of drug-likeness (QED) is 0.880. The molecule has 5 nitrogen and oxygen atoms in total. The lowest BCUT2D eigenvalue weighted by Gasteiger charge is -2.10. The van der Waals surface area contributed by atoms with Crippen LogP contribution in [0.25, 0.3) is 0 Å². The Morgan fingerprint density at radius 1 is 1.33 bits per heavy atom. The molecule has 0 saturated carbocycles. The third-order valence-corrected chi connectivity index (χ3v) is 2.46. The molecule has 0 bridgehead atoms. The van der Waals surface area contributed by atoms with Crippen LogP contribution in [0.1, 0.15) is 21.6 Å². The smallest absolute Gasteiger partial charge is 0.324 e. The van der Waals surface area contributed by atoms with Gasteiger partial charge in [0.1, 0.15) is 0 Å². The van der Waals surface area contributed by atoms with Crippen LogP contribution in [-0.4, -0.2) is 16.3 Å². The van der Waals surface area contributed by atoms with Crippen molar-refractivity contribution in [3.8, 4) is 6.07 Å². The minimum atomic E-state index is -4.76. The number of alkyl halides is 3. The Labute approximate surface area is 117 Å². The molecule has 0 unspecified atom stereocenters. The van der Waals surface area contributed by atoms with E-state index in [-0.39, 0.29) is 12.2 Å². The van der Waals surface area contributed by atoms with E-state index in [2.05, 4.69) is 15.3 Å². The Morgan fingerprint density at radius 2 is 2.10 bits per heavy atom. The van der Waals surface area contributed by atoms with Crippen molar-refractivity contribution in [1.82, 2.24) is 9.97 Å². The highest BCUT2D eigenvalue weighted by atomic mass is 19.4. The fourth-order valence-corrected chi connectivity index (χ4v) is 1.56. The zero-order valence-electron chi connectivity index (χ0n) is 10.3. The second kappa shape index (κ2) is 5.58. The van der Waals surface area contributed by atoms with E-state index in [1.54, 1.807) is 18.2 Å². The summed E-state index contributed by atoms with van der Waals surface area (Å²) in [6.07, 6.45) is -3.92. The van der Waals surface area contributed by atoms with Crippen LogP contribution >= 0.6 is 0 Å². The molecule has 0 aliphatic carbocycles. The first-order valence-corrected chi connectivity index (χ1v) is 5.60. The maximum absolute atomic E-state index is 12.8. The van der Waals surface area contributed by atoms with Crippen LogP contribution < -0.4 is 5.32 Å². The molecule has 1 aromatic carbocycles. The zero-order valence-corrected chi connectivity index (χ0v) is 10.3. The summed E-state index contributed by atoms with van der Waals surface area (Å²) in [4.78, 5) is 17.5. The number of halogens is 3. The monoisotopic (exact) mass is 292 g/mol. The van der Waals surface area contributed by atoms with Crippen LogP contribution in [0.3, 0.4) is 0 Å². The zero-order chi connectivity index (χ0) is 15.5. The number of aldehydes is 1. The number of anilines is 2. The number of benzene rings is 1. The van der Waals surface area contributed by atoms with Crippen LogP contribution in [0, 0.1) is 11.3 Å². The maximum atomic E-state index is 12.8. The molecule has 2 aromatic rings. The van der Waals surface area contributed by atoms with Gasteiger partial charge in [-0.3, -0.25) is 4.79 Å². The highest BCUT2D eigenvalue weighted by molar-refractivity contribution is 5.76. The molecule has 0 radical (unpaired) electrons. The Balaban J connectivity index is 2.37. The van der Waals surface area contributed by atoms with Gasteiger partial charge in [-0.2, -0.15) is 18.4 Å². The van der Waals surface area contributed by atoms with E-state index in [1.165, 1.54) is 6.07 Å². The summed E-state index contributed by atoms with van der Waals surface area (Å²) >= 11 is 0. The number of carbonyl (C=O) groups excluding carboxylic acids is 1. The van der Waals surface area contributed by atoms with Crippen molar-refractivity contribution in [3.63, 3.8) is 0 Å². The van der Waals surface area contributed by atoms with Crippen LogP contribution in [0.2, 0.25) is 0 Å². The highest BCUT2D eigenvalue weighted by Crippen LogP contribution is 2.30. The molecule has 0 saturated heterocycles. The van der Waals surface area contributed by atoms with E-state index < -0.39 is 17.4 Å². The van der Waals surface area contributed by atoms with E-state index in [9.17, 15) is 18.0 Å². The van der Waals surface area contributed by atoms with E-state index in [0.717, 1.165) is 6.20 Å². The molecule has 8 heteroatoms. The topological polar surface area (TPSA) is 78.7 Å². The van der Waals surface area contributed by atoms with Crippen molar-refractivity contribution in [2.75, 3.05) is 5.32 Å². The fraction of sp³-hybridized carbons (Fsp3) is 0.0769. The van der Waals surface area contributed by atoms with Gasteiger partial charge in [0.2, 0.25) is 5.95 Å². The highest BCUT2D eigenvalue weighted by Gasteiger charge is 2.36. The van der Waals surface area contributed by atoms with Crippen LogP contribution in [0.4, 0.5) is 24.8 Å². The molecule has 0 atom stereocenters. The average Bonchev–Trinajstić information content (AvgIpc) is 2.46. The van der Waals surface area contributed by atoms with Crippen molar-refractivity contribution in [1.29, 1.82) is 5.26 Å². The molecule has 2 rings (SSSR count). The van der Waals surface area contributed by atoms with E-state index in [1.807, 2.05) is 6.07 Å². The lowest BCUT2D eigenvalue weighted by Crippen LogP contribution is -2.14. The largest absolute Gasteiger partial charge is 0.434 e. The molecule has 1 heterocycles. The van der Waals surface area contributed by atoms with Gasteiger partial charge in [-0.05, 0) is 18.2 Å². The van der Waals surface area contributed by atoms with Crippen molar-refractivity contribution >= 4 is 17.9 Å². The summed E-state index contributed by atoms with van der Waals surface area (Å²) in [6.45, 7) is 0. The van der Waals surface area contributed by atoms with Gasteiger partial charge in [0, 0.05) is 11.9 Å². The minimum Gasteiger partial charge on any atom is -0.324 e. The number of hydrogen-bond acceptors (Lipinski definition) is 5. The number of nitrogens with one attached hydrogen (secondary N) is 1. The Bertz CT molecular complexity index is 722. The van der Waals surface area contributed by atoms with Gasteiger partial charge in [-0.1, -0.05) is 6.07 Å². The molecule has 1 aromatic heterocycles. The number of aromatic nitrogens is 2. The van der Waals surface area contributed by atoms with E-state index >= 15 is 0 Å². The van der Waals surface area contributed by atoms with Crippen LogP contribution in [0.5, 0.6) is 0 Å². The van der Waals surface area contributed by atoms with Gasteiger partial charge >= 0.3 is 6.18 Å². The summed E-state index contributed by atoms with van der Waals surface area (Å²) in [6, 6.07) is 7.99. The molecule has 1 N–H and O–H groups in total. The predicted molar refractivity (Wildman–Crippen MR) is 66.9 cm³/mol. The third kappa shape index (κ3) is 3.33. The molecule has 21 heavy (non-hydrogen) atoms. The summed E-state index contributed by atoms with van der Waals surface area (Å²) < 4.78 is 38.3. The summed E-state index contributed by atoms with van der Waals surface area (Å²) in [5.41, 5.74) is -1.26. The maximum Gasteiger partial charge on any atom is 0.434 e. The molecule has 0 aliphatic rings.